The molecular weight excluding hydrogens is 357 g/mol. The molecule has 94 valence electrons. The summed E-state index contributed by atoms with van der Waals surface area (Å²) in [5.41, 5.74) is 1.96. The Morgan fingerprint density at radius 1 is 1.33 bits per heavy atom. The van der Waals surface area contributed by atoms with Crippen LogP contribution in [0.15, 0.2) is 41.8 Å². The number of halogens is 1. The van der Waals surface area contributed by atoms with Crippen LogP contribution >= 0.6 is 33.9 Å². The quantitative estimate of drug-likeness (QED) is 0.744. The van der Waals surface area contributed by atoms with Crippen molar-refractivity contribution in [2.24, 2.45) is 0 Å². The van der Waals surface area contributed by atoms with Gasteiger partial charge in [0.15, 0.2) is 0 Å². The molecule has 0 unspecified atom stereocenters. The van der Waals surface area contributed by atoms with Gasteiger partial charge in [0, 0.05) is 18.5 Å². The molecule has 1 amide bonds. The van der Waals surface area contributed by atoms with Crippen LogP contribution in [0.4, 0.5) is 0 Å². The molecule has 0 saturated carbocycles. The Labute approximate surface area is 125 Å². The van der Waals surface area contributed by atoms with E-state index >= 15 is 0 Å². The Bertz CT molecular complexity index is 524. The van der Waals surface area contributed by atoms with Crippen LogP contribution < -0.4 is 0 Å². The van der Waals surface area contributed by atoms with Crippen LogP contribution in [-0.2, 0) is 6.54 Å². The highest BCUT2D eigenvalue weighted by atomic mass is 127. The second kappa shape index (κ2) is 6.33. The third kappa shape index (κ3) is 3.32. The smallest absolute Gasteiger partial charge is 0.255 e. The molecule has 0 bridgehead atoms. The Balaban J connectivity index is 2.12. The molecule has 0 aliphatic rings. The summed E-state index contributed by atoms with van der Waals surface area (Å²) >= 11 is 3.85. The minimum atomic E-state index is 0.112. The Morgan fingerprint density at radius 2 is 2.06 bits per heavy atom. The predicted octanol–water partition coefficient (Wildman–Crippen LogP) is 4.02. The molecule has 2 rings (SSSR count). The Hall–Kier alpha value is -0.880. The fraction of sp³-hybridized carbons (Fsp3) is 0.214. The van der Waals surface area contributed by atoms with Gasteiger partial charge in [-0.05, 0) is 41.1 Å². The van der Waals surface area contributed by atoms with Gasteiger partial charge in [0.1, 0.15) is 0 Å². The SMILES string of the molecule is CCN(Cc1ccccc1)C(=O)c1csc(I)c1. The molecule has 2 aromatic rings. The van der Waals surface area contributed by atoms with Crippen LogP contribution in [0.5, 0.6) is 0 Å². The van der Waals surface area contributed by atoms with Gasteiger partial charge in [0.25, 0.3) is 5.91 Å². The molecule has 0 N–H and O–H groups in total. The van der Waals surface area contributed by atoms with E-state index in [0.717, 1.165) is 20.6 Å². The molecule has 0 atom stereocenters. The van der Waals surface area contributed by atoms with Gasteiger partial charge in [0.2, 0.25) is 0 Å². The summed E-state index contributed by atoms with van der Waals surface area (Å²) < 4.78 is 1.15. The topological polar surface area (TPSA) is 20.3 Å². The average molecular weight is 371 g/mol. The van der Waals surface area contributed by atoms with Crippen molar-refractivity contribution in [3.8, 4) is 0 Å². The highest BCUT2D eigenvalue weighted by Crippen LogP contribution is 2.19. The first-order valence-electron chi connectivity index (χ1n) is 5.78. The Kier molecular flexibility index (Phi) is 4.77. The third-order valence-corrected chi connectivity index (χ3v) is 4.49. The molecule has 18 heavy (non-hydrogen) atoms. The lowest BCUT2D eigenvalue weighted by molar-refractivity contribution is 0.0753. The van der Waals surface area contributed by atoms with Crippen LogP contribution in [0.3, 0.4) is 0 Å². The van der Waals surface area contributed by atoms with E-state index in [2.05, 4.69) is 22.6 Å². The van der Waals surface area contributed by atoms with E-state index in [1.807, 2.05) is 53.6 Å². The van der Waals surface area contributed by atoms with Crippen molar-refractivity contribution in [3.63, 3.8) is 0 Å². The lowest BCUT2D eigenvalue weighted by atomic mass is 10.2. The molecule has 0 aliphatic heterocycles. The van der Waals surface area contributed by atoms with E-state index in [0.29, 0.717) is 6.54 Å². The van der Waals surface area contributed by atoms with Crippen molar-refractivity contribution >= 4 is 39.8 Å². The number of hydrogen-bond acceptors (Lipinski definition) is 2. The first-order chi connectivity index (χ1) is 8.70. The zero-order valence-corrected chi connectivity index (χ0v) is 13.1. The summed E-state index contributed by atoms with van der Waals surface area (Å²) in [5, 5.41) is 1.93. The second-order valence-corrected chi connectivity index (χ2v) is 6.75. The van der Waals surface area contributed by atoms with E-state index in [-0.39, 0.29) is 5.91 Å². The largest absolute Gasteiger partial charge is 0.335 e. The van der Waals surface area contributed by atoms with Crippen LogP contribution in [0.25, 0.3) is 0 Å². The van der Waals surface area contributed by atoms with Crippen molar-refractivity contribution < 1.29 is 4.79 Å². The lowest BCUT2D eigenvalue weighted by Gasteiger charge is -2.20. The van der Waals surface area contributed by atoms with E-state index in [9.17, 15) is 4.79 Å². The first kappa shape index (κ1) is 13.5. The fourth-order valence-electron chi connectivity index (χ4n) is 1.74. The van der Waals surface area contributed by atoms with Crippen molar-refractivity contribution in [3.05, 3.63) is 55.8 Å². The van der Waals surface area contributed by atoms with Crippen LogP contribution in [0.2, 0.25) is 0 Å². The third-order valence-electron chi connectivity index (χ3n) is 2.70. The maximum absolute atomic E-state index is 12.3. The molecule has 1 aromatic carbocycles. The normalized spacial score (nSPS) is 10.3. The number of rotatable bonds is 4. The van der Waals surface area contributed by atoms with Gasteiger partial charge < -0.3 is 4.90 Å². The van der Waals surface area contributed by atoms with E-state index in [1.165, 1.54) is 0 Å². The molecule has 0 aliphatic carbocycles. The van der Waals surface area contributed by atoms with Crippen molar-refractivity contribution in [1.82, 2.24) is 4.90 Å². The van der Waals surface area contributed by atoms with Crippen LogP contribution in [0, 0.1) is 2.88 Å². The lowest BCUT2D eigenvalue weighted by Crippen LogP contribution is -2.29. The molecule has 0 saturated heterocycles. The number of carbonyl (C=O) groups is 1. The fourth-order valence-corrected chi connectivity index (χ4v) is 3.06. The van der Waals surface area contributed by atoms with E-state index < -0.39 is 0 Å². The number of amides is 1. The van der Waals surface area contributed by atoms with Gasteiger partial charge in [-0.1, -0.05) is 30.3 Å². The van der Waals surface area contributed by atoms with Gasteiger partial charge in [0.05, 0.1) is 8.45 Å². The zero-order valence-electron chi connectivity index (χ0n) is 10.1. The molecule has 1 aromatic heterocycles. The van der Waals surface area contributed by atoms with Gasteiger partial charge in [-0.25, -0.2) is 0 Å². The second-order valence-electron chi connectivity index (χ2n) is 3.94. The zero-order chi connectivity index (χ0) is 13.0. The van der Waals surface area contributed by atoms with Crippen molar-refractivity contribution in [2.75, 3.05) is 6.54 Å². The summed E-state index contributed by atoms with van der Waals surface area (Å²) in [5.74, 6) is 0.112. The number of carbonyl (C=O) groups excluding carboxylic acids is 1. The molecule has 0 fully saturated rings. The maximum atomic E-state index is 12.3. The Morgan fingerprint density at radius 3 is 2.61 bits per heavy atom. The minimum Gasteiger partial charge on any atom is -0.335 e. The average Bonchev–Trinajstić information content (AvgIpc) is 2.83. The van der Waals surface area contributed by atoms with Crippen LogP contribution in [0.1, 0.15) is 22.8 Å². The van der Waals surface area contributed by atoms with Gasteiger partial charge in [-0.3, -0.25) is 4.79 Å². The highest BCUT2D eigenvalue weighted by Gasteiger charge is 2.15. The van der Waals surface area contributed by atoms with Gasteiger partial charge >= 0.3 is 0 Å². The molecule has 0 spiro atoms. The summed E-state index contributed by atoms with van der Waals surface area (Å²) in [6.45, 7) is 3.40. The number of hydrogen-bond donors (Lipinski definition) is 0. The molecule has 1 heterocycles. The monoisotopic (exact) mass is 371 g/mol. The molecule has 2 nitrogen and oxygen atoms in total. The van der Waals surface area contributed by atoms with Gasteiger partial charge in [-0.15, -0.1) is 11.3 Å². The summed E-state index contributed by atoms with van der Waals surface area (Å²) in [7, 11) is 0. The first-order valence-corrected chi connectivity index (χ1v) is 7.73. The molecular formula is C14H14INOS. The van der Waals surface area contributed by atoms with E-state index in [4.69, 9.17) is 0 Å². The van der Waals surface area contributed by atoms with Crippen LogP contribution in [-0.4, -0.2) is 17.4 Å². The maximum Gasteiger partial charge on any atom is 0.255 e. The summed E-state index contributed by atoms with van der Waals surface area (Å²) in [6, 6.07) is 12.0. The molecule has 4 heteroatoms. The predicted molar refractivity (Wildman–Crippen MR) is 83.9 cm³/mol. The minimum absolute atomic E-state index is 0.112. The summed E-state index contributed by atoms with van der Waals surface area (Å²) in [4.78, 5) is 14.2. The standard InChI is InChI=1S/C14H14INOS/c1-2-16(9-11-6-4-3-5-7-11)14(17)12-8-13(15)18-10-12/h3-8,10H,2,9H2,1H3. The highest BCUT2D eigenvalue weighted by molar-refractivity contribution is 14.1. The van der Waals surface area contributed by atoms with Crippen molar-refractivity contribution in [2.45, 2.75) is 13.5 Å². The number of thiophene rings is 1. The summed E-state index contributed by atoms with van der Waals surface area (Å²) in [6.07, 6.45) is 0. The van der Waals surface area contributed by atoms with E-state index in [1.54, 1.807) is 11.3 Å². The van der Waals surface area contributed by atoms with Gasteiger partial charge in [-0.2, -0.15) is 0 Å². The number of benzene rings is 1. The molecule has 0 radical (unpaired) electrons. The van der Waals surface area contributed by atoms with Crippen molar-refractivity contribution in [1.29, 1.82) is 0 Å². The number of nitrogens with zero attached hydrogens (tertiary/aromatic N) is 1.